The molecule has 0 saturated carbocycles. The van der Waals surface area contributed by atoms with Gasteiger partial charge >= 0.3 is 0 Å². The highest BCUT2D eigenvalue weighted by Crippen LogP contribution is 2.20. The van der Waals surface area contributed by atoms with Crippen LogP contribution in [0.5, 0.6) is 5.75 Å². The Morgan fingerprint density at radius 1 is 1.26 bits per heavy atom. The molecule has 1 amide bonds. The van der Waals surface area contributed by atoms with Crippen LogP contribution in [0.1, 0.15) is 48.9 Å². The van der Waals surface area contributed by atoms with Crippen molar-refractivity contribution in [2.24, 2.45) is 5.92 Å². The lowest BCUT2D eigenvalue weighted by atomic mass is 10.0. The molecule has 1 aliphatic heterocycles. The summed E-state index contributed by atoms with van der Waals surface area (Å²) >= 11 is 0. The SMILES string of the molecule is Cc1cccc(COc2ccc(C(C)NC(=O)CCC3CCNC3)cc2)c1. The van der Waals surface area contributed by atoms with Crippen molar-refractivity contribution in [2.45, 2.75) is 45.8 Å². The van der Waals surface area contributed by atoms with E-state index in [4.69, 9.17) is 4.74 Å². The molecule has 0 spiro atoms. The van der Waals surface area contributed by atoms with Gasteiger partial charge in [0.15, 0.2) is 0 Å². The van der Waals surface area contributed by atoms with E-state index in [2.05, 4.69) is 35.8 Å². The maximum atomic E-state index is 12.2. The molecule has 0 aromatic heterocycles. The fourth-order valence-electron chi connectivity index (χ4n) is 3.51. The Bertz CT molecular complexity index is 736. The van der Waals surface area contributed by atoms with Crippen LogP contribution in [-0.2, 0) is 11.4 Å². The Balaban J connectivity index is 1.45. The summed E-state index contributed by atoms with van der Waals surface area (Å²) in [5.74, 6) is 1.62. The molecule has 0 aliphatic carbocycles. The average molecular weight is 367 g/mol. The van der Waals surface area contributed by atoms with Crippen LogP contribution in [-0.4, -0.2) is 19.0 Å². The maximum absolute atomic E-state index is 12.2. The first-order valence-electron chi connectivity index (χ1n) is 9.88. The Kier molecular flexibility index (Phi) is 6.88. The Labute approximate surface area is 162 Å². The lowest BCUT2D eigenvalue weighted by molar-refractivity contribution is -0.122. The summed E-state index contributed by atoms with van der Waals surface area (Å²) in [6, 6.07) is 16.3. The molecule has 0 radical (unpaired) electrons. The van der Waals surface area contributed by atoms with E-state index >= 15 is 0 Å². The van der Waals surface area contributed by atoms with Crippen molar-refractivity contribution < 1.29 is 9.53 Å². The lowest BCUT2D eigenvalue weighted by Gasteiger charge is -2.16. The number of hydrogen-bond donors (Lipinski definition) is 2. The van der Waals surface area contributed by atoms with Gasteiger partial charge in [-0.2, -0.15) is 0 Å². The van der Waals surface area contributed by atoms with Crippen LogP contribution in [0.4, 0.5) is 0 Å². The van der Waals surface area contributed by atoms with Crippen molar-refractivity contribution in [3.8, 4) is 5.75 Å². The first-order valence-corrected chi connectivity index (χ1v) is 9.88. The zero-order valence-electron chi connectivity index (χ0n) is 16.3. The van der Waals surface area contributed by atoms with Crippen molar-refractivity contribution in [3.05, 3.63) is 65.2 Å². The zero-order chi connectivity index (χ0) is 19.1. The van der Waals surface area contributed by atoms with Crippen molar-refractivity contribution in [2.75, 3.05) is 13.1 Å². The smallest absolute Gasteiger partial charge is 0.220 e. The van der Waals surface area contributed by atoms with Crippen molar-refractivity contribution in [1.82, 2.24) is 10.6 Å². The first kappa shape index (κ1) is 19.4. The van der Waals surface area contributed by atoms with Crippen LogP contribution in [0.25, 0.3) is 0 Å². The molecule has 3 rings (SSSR count). The van der Waals surface area contributed by atoms with Gasteiger partial charge in [0.1, 0.15) is 12.4 Å². The minimum absolute atomic E-state index is 0.00465. The van der Waals surface area contributed by atoms with E-state index in [-0.39, 0.29) is 11.9 Å². The molecule has 2 atom stereocenters. The second kappa shape index (κ2) is 9.56. The number of hydrogen-bond acceptors (Lipinski definition) is 3. The number of nitrogens with one attached hydrogen (secondary N) is 2. The fourth-order valence-corrected chi connectivity index (χ4v) is 3.51. The topological polar surface area (TPSA) is 50.4 Å². The molecular formula is C23H30N2O2. The molecule has 4 heteroatoms. The van der Waals surface area contributed by atoms with Gasteiger partial charge in [0, 0.05) is 6.42 Å². The second-order valence-corrected chi connectivity index (χ2v) is 7.53. The molecule has 1 fully saturated rings. The van der Waals surface area contributed by atoms with Gasteiger partial charge in [-0.25, -0.2) is 0 Å². The quantitative estimate of drug-likeness (QED) is 0.738. The largest absolute Gasteiger partial charge is 0.489 e. The molecule has 2 unspecified atom stereocenters. The van der Waals surface area contributed by atoms with E-state index in [1.54, 1.807) is 0 Å². The molecule has 1 saturated heterocycles. The third-order valence-corrected chi connectivity index (χ3v) is 5.19. The molecule has 1 aliphatic rings. The molecule has 2 aromatic rings. The number of benzene rings is 2. The van der Waals surface area contributed by atoms with E-state index in [1.807, 2.05) is 37.3 Å². The first-order chi connectivity index (χ1) is 13.1. The van der Waals surface area contributed by atoms with Gasteiger partial charge in [-0.05, 0) is 69.0 Å². The highest BCUT2D eigenvalue weighted by molar-refractivity contribution is 5.76. The lowest BCUT2D eigenvalue weighted by Crippen LogP contribution is -2.27. The van der Waals surface area contributed by atoms with Gasteiger partial charge in [0.25, 0.3) is 0 Å². The summed E-state index contributed by atoms with van der Waals surface area (Å²) in [5, 5.41) is 6.45. The number of aryl methyl sites for hydroxylation is 1. The van der Waals surface area contributed by atoms with E-state index in [1.165, 1.54) is 12.0 Å². The monoisotopic (exact) mass is 366 g/mol. The molecule has 4 nitrogen and oxygen atoms in total. The minimum Gasteiger partial charge on any atom is -0.489 e. The van der Waals surface area contributed by atoms with E-state index < -0.39 is 0 Å². The molecule has 2 aromatic carbocycles. The third-order valence-electron chi connectivity index (χ3n) is 5.19. The molecule has 1 heterocycles. The van der Waals surface area contributed by atoms with Gasteiger partial charge in [0.2, 0.25) is 5.91 Å². The summed E-state index contributed by atoms with van der Waals surface area (Å²) in [6.07, 6.45) is 2.76. The Hall–Kier alpha value is -2.33. The van der Waals surface area contributed by atoms with E-state index in [0.717, 1.165) is 36.4 Å². The number of carbonyl (C=O) groups excluding carboxylic acids is 1. The van der Waals surface area contributed by atoms with Crippen LogP contribution in [0.15, 0.2) is 48.5 Å². The van der Waals surface area contributed by atoms with Crippen LogP contribution in [0.3, 0.4) is 0 Å². The van der Waals surface area contributed by atoms with Crippen LogP contribution < -0.4 is 15.4 Å². The predicted octanol–water partition coefficient (Wildman–Crippen LogP) is 4.14. The van der Waals surface area contributed by atoms with Crippen molar-refractivity contribution in [1.29, 1.82) is 0 Å². The molecule has 2 N–H and O–H groups in total. The highest BCUT2D eigenvalue weighted by atomic mass is 16.5. The van der Waals surface area contributed by atoms with Gasteiger partial charge in [-0.15, -0.1) is 0 Å². The van der Waals surface area contributed by atoms with E-state index in [0.29, 0.717) is 18.9 Å². The molecule has 0 bridgehead atoms. The average Bonchev–Trinajstić information content (AvgIpc) is 3.19. The summed E-state index contributed by atoms with van der Waals surface area (Å²) in [5.41, 5.74) is 3.49. The van der Waals surface area contributed by atoms with Gasteiger partial charge in [-0.1, -0.05) is 42.0 Å². The standard InChI is InChI=1S/C23H30N2O2/c1-17-4-3-5-20(14-17)16-27-22-9-7-21(8-10-22)18(2)25-23(26)11-6-19-12-13-24-15-19/h3-5,7-10,14,18-19,24H,6,11-13,15-16H2,1-2H3,(H,25,26). The van der Waals surface area contributed by atoms with Gasteiger partial charge in [-0.3, -0.25) is 4.79 Å². The highest BCUT2D eigenvalue weighted by Gasteiger charge is 2.16. The van der Waals surface area contributed by atoms with Gasteiger partial charge in [0.05, 0.1) is 6.04 Å². The minimum atomic E-state index is 0.00465. The zero-order valence-corrected chi connectivity index (χ0v) is 16.3. The Morgan fingerprint density at radius 2 is 2.07 bits per heavy atom. The summed E-state index contributed by atoms with van der Waals surface area (Å²) in [7, 11) is 0. The number of amides is 1. The summed E-state index contributed by atoms with van der Waals surface area (Å²) in [4.78, 5) is 12.2. The molecule has 144 valence electrons. The number of carbonyl (C=O) groups is 1. The van der Waals surface area contributed by atoms with Crippen LogP contribution in [0.2, 0.25) is 0 Å². The predicted molar refractivity (Wildman–Crippen MR) is 109 cm³/mol. The van der Waals surface area contributed by atoms with Crippen molar-refractivity contribution >= 4 is 5.91 Å². The summed E-state index contributed by atoms with van der Waals surface area (Å²) < 4.78 is 5.87. The maximum Gasteiger partial charge on any atom is 0.220 e. The van der Waals surface area contributed by atoms with Crippen LogP contribution >= 0.6 is 0 Å². The molecule has 27 heavy (non-hydrogen) atoms. The van der Waals surface area contributed by atoms with Crippen molar-refractivity contribution in [3.63, 3.8) is 0 Å². The second-order valence-electron chi connectivity index (χ2n) is 7.53. The normalized spacial score (nSPS) is 17.5. The molecular weight excluding hydrogens is 336 g/mol. The summed E-state index contributed by atoms with van der Waals surface area (Å²) in [6.45, 7) is 6.80. The number of ether oxygens (including phenoxy) is 1. The number of rotatable bonds is 8. The van der Waals surface area contributed by atoms with Gasteiger partial charge < -0.3 is 15.4 Å². The fraction of sp³-hybridized carbons (Fsp3) is 0.435. The third kappa shape index (κ3) is 6.10. The van der Waals surface area contributed by atoms with Crippen LogP contribution in [0, 0.1) is 12.8 Å². The van der Waals surface area contributed by atoms with E-state index in [9.17, 15) is 4.79 Å². The Morgan fingerprint density at radius 3 is 2.78 bits per heavy atom.